The van der Waals surface area contributed by atoms with Crippen molar-refractivity contribution in [2.45, 2.75) is 45.3 Å². The first-order chi connectivity index (χ1) is 19.2. The van der Waals surface area contributed by atoms with Gasteiger partial charge in [0.2, 0.25) is 0 Å². The van der Waals surface area contributed by atoms with Gasteiger partial charge in [-0.3, -0.25) is 0 Å². The van der Waals surface area contributed by atoms with Gasteiger partial charge in [0.15, 0.2) is 6.10 Å². The lowest BCUT2D eigenvalue weighted by Crippen LogP contribution is -2.29. The molecule has 2 unspecified atom stereocenters. The van der Waals surface area contributed by atoms with E-state index in [0.717, 1.165) is 18.4 Å². The van der Waals surface area contributed by atoms with Crippen LogP contribution in [0.4, 0.5) is 0 Å². The Balaban J connectivity index is 1.23. The van der Waals surface area contributed by atoms with Crippen molar-refractivity contribution in [2.24, 2.45) is 0 Å². The summed E-state index contributed by atoms with van der Waals surface area (Å²) in [6.07, 6.45) is 1.61. The Morgan fingerprint density at radius 3 is 2.18 bits per heavy atom. The summed E-state index contributed by atoms with van der Waals surface area (Å²) in [5, 5.41) is 0. The fraction of sp³-hybridized carbons (Fsp3) is 0.286. The summed E-state index contributed by atoms with van der Waals surface area (Å²) in [4.78, 5) is 12.2. The Morgan fingerprint density at radius 2 is 1.41 bits per heavy atom. The first-order valence-electron chi connectivity index (χ1n) is 13.9. The van der Waals surface area contributed by atoms with E-state index in [1.807, 2.05) is 13.8 Å². The zero-order valence-corrected chi connectivity index (χ0v) is 22.8. The van der Waals surface area contributed by atoms with E-state index in [1.54, 1.807) is 0 Å². The maximum absolute atomic E-state index is 12.2. The smallest absolute Gasteiger partial charge is 0.335 e. The van der Waals surface area contributed by atoms with Crippen LogP contribution in [0.2, 0.25) is 0 Å². The molecule has 0 bridgehead atoms. The molecule has 200 valence electrons. The Kier molecular flexibility index (Phi) is 8.87. The minimum absolute atomic E-state index is 0.0576. The van der Waals surface area contributed by atoms with E-state index >= 15 is 0 Å². The monoisotopic (exact) mass is 520 g/mol. The van der Waals surface area contributed by atoms with Gasteiger partial charge in [-0.2, -0.15) is 0 Å². The molecule has 0 amide bonds. The summed E-state index contributed by atoms with van der Waals surface area (Å²) >= 11 is 0. The normalized spacial score (nSPS) is 14.5. The molecule has 39 heavy (non-hydrogen) atoms. The largest absolute Gasteiger partial charge is 0.464 e. The van der Waals surface area contributed by atoms with Gasteiger partial charge in [0, 0.05) is 13.0 Å². The van der Waals surface area contributed by atoms with Crippen molar-refractivity contribution >= 4 is 5.97 Å². The van der Waals surface area contributed by atoms with Gasteiger partial charge in [0.05, 0.1) is 13.2 Å². The predicted octanol–water partition coefficient (Wildman–Crippen LogP) is 7.12. The quantitative estimate of drug-likeness (QED) is 0.187. The molecular weight excluding hydrogens is 484 g/mol. The minimum atomic E-state index is -0.570. The molecule has 0 fully saturated rings. The van der Waals surface area contributed by atoms with E-state index in [2.05, 4.69) is 97.1 Å². The molecule has 0 spiro atoms. The van der Waals surface area contributed by atoms with Gasteiger partial charge >= 0.3 is 5.97 Å². The van der Waals surface area contributed by atoms with E-state index in [0.29, 0.717) is 26.2 Å². The number of rotatable bonds is 12. The highest BCUT2D eigenvalue weighted by molar-refractivity contribution is 5.78. The summed E-state index contributed by atoms with van der Waals surface area (Å²) < 4.78 is 17.3. The number of carbonyl (C=O) groups excluding carboxylic acids is 1. The molecule has 0 heterocycles. The van der Waals surface area contributed by atoms with Crippen LogP contribution in [0.5, 0.6) is 0 Å². The van der Waals surface area contributed by atoms with Crippen LogP contribution in [0.25, 0.3) is 11.1 Å². The number of fused-ring (bicyclic) bond motifs is 3. The van der Waals surface area contributed by atoms with Crippen molar-refractivity contribution in [1.29, 1.82) is 0 Å². The molecule has 5 rings (SSSR count). The van der Waals surface area contributed by atoms with Crippen LogP contribution in [-0.2, 0) is 38.3 Å². The third kappa shape index (κ3) is 6.47. The summed E-state index contributed by atoms with van der Waals surface area (Å²) in [6, 6.07) is 34.3. The topological polar surface area (TPSA) is 44.8 Å². The third-order valence-corrected chi connectivity index (χ3v) is 7.22. The molecule has 0 N–H and O–H groups in total. The van der Waals surface area contributed by atoms with Crippen molar-refractivity contribution in [1.82, 2.24) is 0 Å². The van der Waals surface area contributed by atoms with Crippen molar-refractivity contribution in [3.63, 3.8) is 0 Å². The average molecular weight is 521 g/mol. The van der Waals surface area contributed by atoms with Crippen molar-refractivity contribution < 1.29 is 19.0 Å². The van der Waals surface area contributed by atoms with Crippen LogP contribution in [0, 0.1) is 0 Å². The highest BCUT2D eigenvalue weighted by atomic mass is 16.6. The second kappa shape index (κ2) is 12.9. The van der Waals surface area contributed by atoms with Crippen LogP contribution in [-0.4, -0.2) is 31.9 Å². The molecule has 4 aromatic carbocycles. The van der Waals surface area contributed by atoms with E-state index in [4.69, 9.17) is 14.2 Å². The molecule has 4 heteroatoms. The maximum Gasteiger partial charge on any atom is 0.335 e. The van der Waals surface area contributed by atoms with E-state index < -0.39 is 6.10 Å². The predicted molar refractivity (Wildman–Crippen MR) is 155 cm³/mol. The lowest BCUT2D eigenvalue weighted by Gasteiger charge is -2.16. The zero-order valence-electron chi connectivity index (χ0n) is 22.8. The Labute approximate surface area is 231 Å². The molecule has 0 aromatic heterocycles. The first kappa shape index (κ1) is 26.9. The number of carbonyl (C=O) groups is 1. The van der Waals surface area contributed by atoms with Crippen molar-refractivity contribution in [3.05, 3.63) is 130 Å². The minimum Gasteiger partial charge on any atom is -0.464 e. The fourth-order valence-electron chi connectivity index (χ4n) is 5.32. The van der Waals surface area contributed by atoms with Gasteiger partial charge in [-0.05, 0) is 71.2 Å². The third-order valence-electron chi connectivity index (χ3n) is 7.22. The SMILES string of the molecule is CCOC(=O)C(Cc1ccc(CCOC2c3ccccc3-c3cc(Cc4ccccc4)ccc32)cc1)OCC. The molecule has 4 aromatic rings. The first-order valence-corrected chi connectivity index (χ1v) is 13.9. The number of ether oxygens (including phenoxy) is 3. The maximum atomic E-state index is 12.2. The van der Waals surface area contributed by atoms with Gasteiger partial charge in [-0.15, -0.1) is 0 Å². The lowest BCUT2D eigenvalue weighted by molar-refractivity contribution is -0.156. The van der Waals surface area contributed by atoms with Crippen molar-refractivity contribution in [3.8, 4) is 11.1 Å². The number of esters is 1. The second-order valence-electron chi connectivity index (χ2n) is 9.89. The second-order valence-corrected chi connectivity index (χ2v) is 9.89. The van der Waals surface area contributed by atoms with Crippen LogP contribution >= 0.6 is 0 Å². The Bertz CT molecular complexity index is 1380. The molecule has 0 saturated heterocycles. The molecule has 0 aliphatic heterocycles. The molecule has 4 nitrogen and oxygen atoms in total. The van der Waals surface area contributed by atoms with Crippen LogP contribution in [0.15, 0.2) is 97.1 Å². The number of benzene rings is 4. The van der Waals surface area contributed by atoms with Gasteiger partial charge in [0.25, 0.3) is 0 Å². The number of hydrogen-bond acceptors (Lipinski definition) is 4. The zero-order chi connectivity index (χ0) is 27.0. The molecule has 0 saturated carbocycles. The Hall–Kier alpha value is -3.73. The average Bonchev–Trinajstić information content (AvgIpc) is 3.27. The molecule has 0 radical (unpaired) electrons. The molecule has 1 aliphatic carbocycles. The summed E-state index contributed by atoms with van der Waals surface area (Å²) in [5.41, 5.74) is 9.90. The van der Waals surface area contributed by atoms with E-state index in [-0.39, 0.29) is 12.1 Å². The number of hydrogen-bond donors (Lipinski definition) is 0. The molecule has 1 aliphatic rings. The van der Waals surface area contributed by atoms with Crippen LogP contribution in [0.3, 0.4) is 0 Å². The highest BCUT2D eigenvalue weighted by Crippen LogP contribution is 2.45. The van der Waals surface area contributed by atoms with Gasteiger partial charge in [0.1, 0.15) is 6.10 Å². The Morgan fingerprint density at radius 1 is 0.718 bits per heavy atom. The van der Waals surface area contributed by atoms with Crippen LogP contribution in [0.1, 0.15) is 53.3 Å². The van der Waals surface area contributed by atoms with Gasteiger partial charge in [-0.25, -0.2) is 4.79 Å². The summed E-state index contributed by atoms with van der Waals surface area (Å²) in [7, 11) is 0. The standard InChI is InChI=1S/C35H36O4/c1-3-37-33(35(36)38-4-2)24-27-16-14-25(15-17-27)20-21-39-34-30-13-9-8-12-29(30)32-23-28(18-19-31(32)34)22-26-10-6-5-7-11-26/h5-19,23,33-34H,3-4,20-22,24H2,1-2H3. The van der Waals surface area contributed by atoms with Crippen molar-refractivity contribution in [2.75, 3.05) is 19.8 Å². The lowest BCUT2D eigenvalue weighted by atomic mass is 9.98. The van der Waals surface area contributed by atoms with E-state index in [9.17, 15) is 4.79 Å². The molecule has 2 atom stereocenters. The summed E-state index contributed by atoms with van der Waals surface area (Å²) in [6.45, 7) is 5.14. The van der Waals surface area contributed by atoms with Gasteiger partial charge < -0.3 is 14.2 Å². The van der Waals surface area contributed by atoms with Gasteiger partial charge in [-0.1, -0.05) is 97.1 Å². The highest BCUT2D eigenvalue weighted by Gasteiger charge is 2.29. The van der Waals surface area contributed by atoms with Crippen LogP contribution < -0.4 is 0 Å². The molecular formula is C35H36O4. The van der Waals surface area contributed by atoms with E-state index in [1.165, 1.54) is 38.9 Å². The summed E-state index contributed by atoms with van der Waals surface area (Å²) in [5.74, 6) is -0.305. The fourth-order valence-corrected chi connectivity index (χ4v) is 5.32.